The molecule has 0 radical (unpaired) electrons. The van der Waals surface area contributed by atoms with E-state index in [2.05, 4.69) is 22.0 Å². The van der Waals surface area contributed by atoms with E-state index in [0.717, 1.165) is 35.0 Å². The summed E-state index contributed by atoms with van der Waals surface area (Å²) in [7, 11) is 0. The molecular weight excluding hydrogens is 328 g/mol. The van der Waals surface area contributed by atoms with Gasteiger partial charge in [0.2, 0.25) is 5.82 Å². The molecule has 0 aliphatic heterocycles. The molecule has 0 atom stereocenters. The maximum atomic E-state index is 14.1. The molecule has 3 rings (SSSR count). The number of rotatable bonds is 1. The van der Waals surface area contributed by atoms with E-state index < -0.39 is 17.4 Å². The van der Waals surface area contributed by atoms with Crippen LogP contribution in [0.3, 0.4) is 0 Å². The van der Waals surface area contributed by atoms with Crippen LogP contribution in [-0.4, -0.2) is 9.67 Å². The van der Waals surface area contributed by atoms with Crippen LogP contribution in [0.15, 0.2) is 16.7 Å². The third-order valence-corrected chi connectivity index (χ3v) is 4.51. The first kappa shape index (κ1) is 13.4. The van der Waals surface area contributed by atoms with Gasteiger partial charge in [-0.2, -0.15) is 4.39 Å². The van der Waals surface area contributed by atoms with E-state index in [1.54, 1.807) is 4.57 Å². The number of halogens is 3. The van der Waals surface area contributed by atoms with Crippen molar-refractivity contribution in [3.8, 4) is 11.4 Å². The highest BCUT2D eigenvalue weighted by Crippen LogP contribution is 2.26. The van der Waals surface area contributed by atoms with Gasteiger partial charge in [0.05, 0.1) is 15.6 Å². The number of aromatic nitrogens is 1. The molecule has 0 unspecified atom stereocenters. The lowest BCUT2D eigenvalue weighted by molar-refractivity contribution is 0.405. The molecule has 5 heteroatoms. The molecule has 1 aromatic carbocycles. The van der Waals surface area contributed by atoms with Crippen LogP contribution in [0, 0.1) is 18.6 Å². The van der Waals surface area contributed by atoms with Gasteiger partial charge in [-0.05, 0) is 58.6 Å². The van der Waals surface area contributed by atoms with E-state index in [-0.39, 0.29) is 5.69 Å². The maximum Gasteiger partial charge on any atom is 0.202 e. The van der Waals surface area contributed by atoms with Gasteiger partial charge in [-0.3, -0.25) is 0 Å². The zero-order valence-electron chi connectivity index (χ0n) is 10.8. The normalized spacial score (nSPS) is 13.6. The quantitative estimate of drug-likeness (QED) is 0.849. The van der Waals surface area contributed by atoms with Crippen molar-refractivity contribution in [1.29, 1.82) is 0 Å². The predicted octanol–water partition coefficient (Wildman–Crippen LogP) is 2.89. The highest BCUT2D eigenvalue weighted by Gasteiger charge is 2.19. The number of benzene rings is 1. The van der Waals surface area contributed by atoms with E-state index >= 15 is 0 Å². The summed E-state index contributed by atoms with van der Waals surface area (Å²) in [5.41, 5.74) is 1.08. The first-order valence-electron chi connectivity index (χ1n) is 6.27. The van der Waals surface area contributed by atoms with Crippen LogP contribution in [0.2, 0.25) is 0 Å². The van der Waals surface area contributed by atoms with Crippen LogP contribution < -0.4 is 10.6 Å². The standard InChI is InChI=1S/C15H12BrF2NO/c1-8-9-4-2-3-5-10(9)19(15(8)16)11-6-7-12(20)14(18)13(11)17/h4-7,20H,2-3H2,1H3. The van der Waals surface area contributed by atoms with Gasteiger partial charge in [0.1, 0.15) is 0 Å². The second-order valence-electron chi connectivity index (χ2n) is 4.77. The van der Waals surface area contributed by atoms with Crippen molar-refractivity contribution in [3.63, 3.8) is 0 Å². The molecule has 20 heavy (non-hydrogen) atoms. The second-order valence-corrected chi connectivity index (χ2v) is 5.52. The molecule has 0 bridgehead atoms. The molecule has 0 amide bonds. The summed E-state index contributed by atoms with van der Waals surface area (Å²) in [5, 5.41) is 11.1. The Morgan fingerprint density at radius 2 is 1.85 bits per heavy atom. The fourth-order valence-corrected chi connectivity index (χ4v) is 3.14. The average molecular weight is 340 g/mol. The van der Waals surface area contributed by atoms with E-state index in [1.807, 2.05) is 13.0 Å². The molecule has 1 aliphatic rings. The minimum absolute atomic E-state index is 0.0862. The Morgan fingerprint density at radius 3 is 2.60 bits per heavy atom. The fourth-order valence-electron chi connectivity index (χ4n) is 2.54. The van der Waals surface area contributed by atoms with Gasteiger partial charge in [0, 0.05) is 0 Å². The number of phenols is 1. The second kappa shape index (κ2) is 4.74. The molecule has 1 aromatic heterocycles. The Kier molecular flexibility index (Phi) is 3.17. The molecule has 0 saturated heterocycles. The summed E-state index contributed by atoms with van der Waals surface area (Å²) in [6, 6.07) is 2.54. The zero-order chi connectivity index (χ0) is 14.4. The van der Waals surface area contributed by atoms with Crippen LogP contribution in [-0.2, 0) is 0 Å². The first-order chi connectivity index (χ1) is 9.52. The third-order valence-electron chi connectivity index (χ3n) is 3.56. The number of fused-ring (bicyclic) bond motifs is 1. The summed E-state index contributed by atoms with van der Waals surface area (Å²) in [6.45, 7) is 1.93. The summed E-state index contributed by atoms with van der Waals surface area (Å²) in [6.07, 6.45) is 5.92. The summed E-state index contributed by atoms with van der Waals surface area (Å²) in [5.74, 6) is -2.97. The minimum atomic E-state index is -1.23. The lowest BCUT2D eigenvalue weighted by atomic mass is 10.1. The summed E-state index contributed by atoms with van der Waals surface area (Å²) >= 11 is 3.45. The summed E-state index contributed by atoms with van der Waals surface area (Å²) < 4.78 is 30.0. The van der Waals surface area contributed by atoms with Crippen molar-refractivity contribution in [1.82, 2.24) is 4.57 Å². The van der Waals surface area contributed by atoms with Crippen molar-refractivity contribution in [2.45, 2.75) is 19.8 Å². The Hall–Kier alpha value is -1.62. The largest absolute Gasteiger partial charge is 0.505 e. The van der Waals surface area contributed by atoms with Crippen molar-refractivity contribution in [3.05, 3.63) is 44.5 Å². The monoisotopic (exact) mass is 339 g/mol. The summed E-state index contributed by atoms with van der Waals surface area (Å²) in [4.78, 5) is 0. The molecule has 0 saturated carbocycles. The molecule has 1 N–H and O–H groups in total. The first-order valence-corrected chi connectivity index (χ1v) is 7.06. The van der Waals surface area contributed by atoms with Crippen LogP contribution >= 0.6 is 15.9 Å². The molecule has 2 nitrogen and oxygen atoms in total. The van der Waals surface area contributed by atoms with Crippen molar-refractivity contribution < 1.29 is 13.9 Å². The van der Waals surface area contributed by atoms with E-state index in [0.29, 0.717) is 4.60 Å². The highest BCUT2D eigenvalue weighted by molar-refractivity contribution is 9.10. The Bertz CT molecular complexity index is 824. The molecule has 1 aliphatic carbocycles. The number of phenolic OH excluding ortho intramolecular Hbond substituents is 1. The Morgan fingerprint density at radius 1 is 1.15 bits per heavy atom. The molecule has 0 spiro atoms. The third kappa shape index (κ3) is 1.80. The molecule has 104 valence electrons. The topological polar surface area (TPSA) is 25.2 Å². The molecule has 2 aromatic rings. The maximum absolute atomic E-state index is 14.1. The highest BCUT2D eigenvalue weighted by atomic mass is 79.9. The van der Waals surface area contributed by atoms with Gasteiger partial charge >= 0.3 is 0 Å². The Balaban J connectivity index is 2.41. The number of hydrogen-bond donors (Lipinski definition) is 1. The minimum Gasteiger partial charge on any atom is -0.505 e. The number of aromatic hydroxyl groups is 1. The fraction of sp³-hybridized carbons (Fsp3) is 0.200. The van der Waals surface area contributed by atoms with Crippen LogP contribution in [0.25, 0.3) is 17.8 Å². The molecular formula is C15H12BrF2NO. The average Bonchev–Trinajstić information content (AvgIpc) is 2.70. The molecule has 1 heterocycles. The van der Waals surface area contributed by atoms with E-state index in [1.165, 1.54) is 6.07 Å². The van der Waals surface area contributed by atoms with Gasteiger partial charge in [0.25, 0.3) is 0 Å². The lowest BCUT2D eigenvalue weighted by Gasteiger charge is -2.10. The van der Waals surface area contributed by atoms with Gasteiger partial charge in [-0.25, -0.2) is 4.39 Å². The van der Waals surface area contributed by atoms with Gasteiger partial charge in [-0.15, -0.1) is 0 Å². The number of hydrogen-bond acceptors (Lipinski definition) is 1. The van der Waals surface area contributed by atoms with Crippen molar-refractivity contribution in [2.24, 2.45) is 0 Å². The van der Waals surface area contributed by atoms with Gasteiger partial charge in [-0.1, -0.05) is 12.2 Å². The lowest BCUT2D eigenvalue weighted by Crippen LogP contribution is -2.31. The van der Waals surface area contributed by atoms with Crippen LogP contribution in [0.5, 0.6) is 5.75 Å². The van der Waals surface area contributed by atoms with Crippen molar-refractivity contribution in [2.75, 3.05) is 0 Å². The SMILES string of the molecule is Cc1c(Br)n(-c2ccc(O)c(F)c2F)c2c1=CCCC=2. The van der Waals surface area contributed by atoms with Crippen LogP contribution in [0.4, 0.5) is 8.78 Å². The van der Waals surface area contributed by atoms with E-state index in [4.69, 9.17) is 0 Å². The molecule has 0 fully saturated rings. The zero-order valence-corrected chi connectivity index (χ0v) is 12.3. The smallest absolute Gasteiger partial charge is 0.202 e. The number of nitrogens with zero attached hydrogens (tertiary/aromatic N) is 1. The van der Waals surface area contributed by atoms with Gasteiger partial charge < -0.3 is 9.67 Å². The van der Waals surface area contributed by atoms with Crippen LogP contribution in [0.1, 0.15) is 18.4 Å². The van der Waals surface area contributed by atoms with Crippen molar-refractivity contribution >= 4 is 28.1 Å². The predicted molar refractivity (Wildman–Crippen MR) is 77.2 cm³/mol. The Labute approximate surface area is 122 Å². The van der Waals surface area contributed by atoms with E-state index in [9.17, 15) is 13.9 Å². The van der Waals surface area contributed by atoms with Gasteiger partial charge in [0.15, 0.2) is 11.6 Å².